The van der Waals surface area contributed by atoms with Gasteiger partial charge in [-0.25, -0.2) is 8.42 Å². The number of rotatable bonds is 14. The molecule has 0 radical (unpaired) electrons. The second kappa shape index (κ2) is 16.4. The van der Waals surface area contributed by atoms with E-state index < -0.39 is 34.4 Å². The molecule has 9 nitrogen and oxygen atoms in total. The van der Waals surface area contributed by atoms with Gasteiger partial charge in [0, 0.05) is 45.7 Å². The maximum atomic E-state index is 14.6. The first-order chi connectivity index (χ1) is 22.8. The van der Waals surface area contributed by atoms with Gasteiger partial charge in [0.25, 0.3) is 10.0 Å². The topological polar surface area (TPSA) is 105 Å². The quantitative estimate of drug-likeness (QED) is 0.149. The fraction of sp³-hybridized carbons (Fsp3) is 0.257. The number of anilines is 1. The van der Waals surface area contributed by atoms with Gasteiger partial charge in [-0.3, -0.25) is 13.9 Å². The average Bonchev–Trinajstić information content (AvgIpc) is 3.06. The third-order valence-corrected chi connectivity index (χ3v) is 10.2. The third-order valence-electron chi connectivity index (χ3n) is 7.43. The van der Waals surface area contributed by atoms with E-state index in [0.29, 0.717) is 16.3 Å². The Kier molecular flexibility index (Phi) is 12.6. The molecule has 0 saturated heterocycles. The molecule has 4 aromatic rings. The van der Waals surface area contributed by atoms with Gasteiger partial charge in [-0.15, -0.1) is 0 Å². The van der Waals surface area contributed by atoms with Crippen molar-refractivity contribution in [3.8, 4) is 11.5 Å². The summed E-state index contributed by atoms with van der Waals surface area (Å²) in [6.07, 6.45) is 0.135. The van der Waals surface area contributed by atoms with E-state index in [2.05, 4.69) is 5.32 Å². The van der Waals surface area contributed by atoms with Gasteiger partial charge < -0.3 is 19.7 Å². The van der Waals surface area contributed by atoms with E-state index in [1.54, 1.807) is 18.2 Å². The molecule has 1 atom stereocenters. The lowest BCUT2D eigenvalue weighted by atomic mass is 10.0. The van der Waals surface area contributed by atoms with Crippen LogP contribution in [0.1, 0.15) is 25.0 Å². The first-order valence-corrected chi connectivity index (χ1v) is 17.5. The van der Waals surface area contributed by atoms with Gasteiger partial charge >= 0.3 is 0 Å². The molecule has 0 fully saturated rings. The first-order valence-electron chi connectivity index (χ1n) is 14.9. The number of amides is 2. The zero-order valence-corrected chi connectivity index (χ0v) is 29.9. The number of hydrogen-bond donors (Lipinski definition) is 1. The van der Waals surface area contributed by atoms with Gasteiger partial charge in [0.05, 0.1) is 24.8 Å². The summed E-state index contributed by atoms with van der Waals surface area (Å²) in [6.45, 7) is 2.77. The van der Waals surface area contributed by atoms with Crippen molar-refractivity contribution >= 4 is 62.3 Å². The van der Waals surface area contributed by atoms with E-state index in [1.807, 2.05) is 44.2 Å². The summed E-state index contributed by atoms with van der Waals surface area (Å²) >= 11 is 19.3. The molecule has 4 rings (SSSR count). The van der Waals surface area contributed by atoms with E-state index in [9.17, 15) is 18.0 Å². The average molecular weight is 733 g/mol. The molecule has 0 heterocycles. The molecule has 1 unspecified atom stereocenters. The molecule has 13 heteroatoms. The molecule has 254 valence electrons. The Bertz CT molecular complexity index is 1820. The van der Waals surface area contributed by atoms with E-state index in [1.165, 1.54) is 61.6 Å². The van der Waals surface area contributed by atoms with Crippen molar-refractivity contribution < 1.29 is 27.5 Å². The van der Waals surface area contributed by atoms with Gasteiger partial charge in [0.15, 0.2) is 11.5 Å². The highest BCUT2D eigenvalue weighted by molar-refractivity contribution is 7.92. The second-order valence-electron chi connectivity index (χ2n) is 11.1. The third kappa shape index (κ3) is 8.93. The van der Waals surface area contributed by atoms with Gasteiger partial charge in [-0.05, 0) is 67.9 Å². The molecule has 2 amide bonds. The predicted molar refractivity (Wildman–Crippen MR) is 190 cm³/mol. The molecular formula is C35H36Cl3N3O6S. The summed E-state index contributed by atoms with van der Waals surface area (Å²) in [7, 11) is -1.58. The highest BCUT2D eigenvalue weighted by Gasteiger charge is 2.35. The normalized spacial score (nSPS) is 11.9. The van der Waals surface area contributed by atoms with Gasteiger partial charge in [-0.2, -0.15) is 0 Å². The maximum absolute atomic E-state index is 14.6. The van der Waals surface area contributed by atoms with Crippen molar-refractivity contribution in [1.82, 2.24) is 10.2 Å². The smallest absolute Gasteiger partial charge is 0.264 e. The fourth-order valence-electron chi connectivity index (χ4n) is 5.03. The number of halogens is 3. The molecule has 4 aromatic carbocycles. The Morgan fingerprint density at radius 3 is 2.02 bits per heavy atom. The standard InChI is InChI=1S/C35H36Cl3N3O6S/c1-23(2)39-35(43)31(19-24-9-6-5-7-10-24)40(21-28-29(37)11-8-12-30(28)38)34(42)22-41(26-15-13-25(36)14-16-26)48(44,45)27-17-18-32(46-3)33(20-27)47-4/h5-18,20,23,31H,19,21-22H2,1-4H3,(H,39,43). The van der Waals surface area contributed by atoms with Crippen molar-refractivity contribution in [2.24, 2.45) is 0 Å². The largest absolute Gasteiger partial charge is 0.493 e. The summed E-state index contributed by atoms with van der Waals surface area (Å²) in [5.41, 5.74) is 1.37. The highest BCUT2D eigenvalue weighted by atomic mass is 35.5. The second-order valence-corrected chi connectivity index (χ2v) is 14.2. The Balaban J connectivity index is 1.86. The van der Waals surface area contributed by atoms with Crippen molar-refractivity contribution in [1.29, 1.82) is 0 Å². The molecule has 0 saturated carbocycles. The van der Waals surface area contributed by atoms with Crippen LogP contribution >= 0.6 is 34.8 Å². The summed E-state index contributed by atoms with van der Waals surface area (Å²) in [4.78, 5) is 29.7. The number of ether oxygens (including phenoxy) is 2. The van der Waals surface area contributed by atoms with E-state index in [0.717, 1.165) is 9.87 Å². The van der Waals surface area contributed by atoms with E-state index in [-0.39, 0.29) is 45.4 Å². The minimum absolute atomic E-state index is 0.135. The van der Waals surface area contributed by atoms with Crippen LogP contribution in [-0.4, -0.2) is 58.0 Å². The van der Waals surface area contributed by atoms with Crippen LogP contribution in [0.5, 0.6) is 11.5 Å². The van der Waals surface area contributed by atoms with Crippen LogP contribution in [-0.2, 0) is 32.6 Å². The number of methoxy groups -OCH3 is 2. The minimum atomic E-state index is -4.41. The summed E-state index contributed by atoms with van der Waals surface area (Å²) in [5, 5.41) is 3.86. The summed E-state index contributed by atoms with van der Waals surface area (Å²) < 4.78 is 40.3. The van der Waals surface area contributed by atoms with Gasteiger partial charge in [0.1, 0.15) is 12.6 Å². The predicted octanol–water partition coefficient (Wildman–Crippen LogP) is 7.02. The number of carbonyl (C=O) groups excluding carboxylic acids is 2. The minimum Gasteiger partial charge on any atom is -0.493 e. The van der Waals surface area contributed by atoms with Gasteiger partial charge in [-0.1, -0.05) is 71.2 Å². The van der Waals surface area contributed by atoms with Crippen LogP contribution in [0, 0.1) is 0 Å². The fourth-order valence-corrected chi connectivity index (χ4v) is 7.10. The van der Waals surface area contributed by atoms with Crippen LogP contribution in [0.2, 0.25) is 15.1 Å². The molecule has 0 aliphatic heterocycles. The Hall–Kier alpha value is -3.96. The molecule has 0 aliphatic carbocycles. The SMILES string of the molecule is COc1ccc(S(=O)(=O)N(CC(=O)N(Cc2c(Cl)cccc2Cl)C(Cc2ccccc2)C(=O)NC(C)C)c2ccc(Cl)cc2)cc1OC. The van der Waals surface area contributed by atoms with Gasteiger partial charge in [0.2, 0.25) is 11.8 Å². The zero-order valence-electron chi connectivity index (χ0n) is 26.8. The van der Waals surface area contributed by atoms with Crippen LogP contribution in [0.25, 0.3) is 0 Å². The summed E-state index contributed by atoms with van der Waals surface area (Å²) in [6, 6.07) is 23.0. The lowest BCUT2D eigenvalue weighted by Crippen LogP contribution is -2.54. The zero-order chi connectivity index (χ0) is 35.0. The number of nitrogens with one attached hydrogen (secondary N) is 1. The maximum Gasteiger partial charge on any atom is 0.264 e. The van der Waals surface area contributed by atoms with E-state index >= 15 is 0 Å². The van der Waals surface area contributed by atoms with E-state index in [4.69, 9.17) is 44.3 Å². The Morgan fingerprint density at radius 2 is 1.44 bits per heavy atom. The molecule has 1 N–H and O–H groups in total. The highest BCUT2D eigenvalue weighted by Crippen LogP contribution is 2.33. The molecule has 0 aromatic heterocycles. The lowest BCUT2D eigenvalue weighted by Gasteiger charge is -2.34. The van der Waals surface area contributed by atoms with Crippen LogP contribution < -0.4 is 19.1 Å². The first kappa shape index (κ1) is 36.9. The van der Waals surface area contributed by atoms with Crippen LogP contribution in [0.3, 0.4) is 0 Å². The Morgan fingerprint density at radius 1 is 0.812 bits per heavy atom. The van der Waals surface area contributed by atoms with Crippen LogP contribution in [0.15, 0.2) is 95.9 Å². The lowest BCUT2D eigenvalue weighted by molar-refractivity contribution is -0.140. The van der Waals surface area contributed by atoms with Crippen molar-refractivity contribution in [2.45, 2.75) is 43.8 Å². The number of hydrogen-bond acceptors (Lipinski definition) is 6. The van der Waals surface area contributed by atoms with Crippen molar-refractivity contribution in [3.05, 3.63) is 117 Å². The molecular weight excluding hydrogens is 697 g/mol. The number of sulfonamides is 1. The number of carbonyl (C=O) groups is 2. The molecule has 0 spiro atoms. The monoisotopic (exact) mass is 731 g/mol. The van der Waals surface area contributed by atoms with Crippen molar-refractivity contribution in [2.75, 3.05) is 25.1 Å². The summed E-state index contributed by atoms with van der Waals surface area (Å²) in [5.74, 6) is -0.589. The Labute approximate surface area is 296 Å². The molecule has 48 heavy (non-hydrogen) atoms. The molecule has 0 bridgehead atoms. The number of benzene rings is 4. The molecule has 0 aliphatic rings. The number of nitrogens with zero attached hydrogens (tertiary/aromatic N) is 2. The van der Waals surface area contributed by atoms with Crippen LogP contribution in [0.4, 0.5) is 5.69 Å². The van der Waals surface area contributed by atoms with Crippen molar-refractivity contribution in [3.63, 3.8) is 0 Å².